The highest BCUT2D eigenvalue weighted by Crippen LogP contribution is 2.19. The minimum atomic E-state index is -0.0715. The summed E-state index contributed by atoms with van der Waals surface area (Å²) >= 11 is 1.33. The van der Waals surface area contributed by atoms with Gasteiger partial charge in [0.2, 0.25) is 5.91 Å². The summed E-state index contributed by atoms with van der Waals surface area (Å²) in [6, 6.07) is 7.83. The molecule has 7 nitrogen and oxygen atoms in total. The molecule has 0 bridgehead atoms. The van der Waals surface area contributed by atoms with Gasteiger partial charge >= 0.3 is 0 Å². The molecule has 0 aliphatic rings. The Bertz CT molecular complexity index is 733. The molecule has 1 heterocycles. The van der Waals surface area contributed by atoms with Crippen LogP contribution in [0.15, 0.2) is 42.1 Å². The number of benzene rings is 1. The minimum absolute atomic E-state index is 0.0715. The van der Waals surface area contributed by atoms with E-state index < -0.39 is 0 Å². The average molecular weight is 376 g/mol. The van der Waals surface area contributed by atoms with Crippen LogP contribution >= 0.6 is 11.8 Å². The van der Waals surface area contributed by atoms with Crippen molar-refractivity contribution in [1.29, 1.82) is 0 Å². The molecule has 0 saturated heterocycles. The first-order valence-corrected chi connectivity index (χ1v) is 9.23. The Hall–Kier alpha value is -2.32. The van der Waals surface area contributed by atoms with E-state index in [1.807, 2.05) is 35.8 Å². The number of nitrogens with one attached hydrogen (secondary N) is 1. The van der Waals surface area contributed by atoms with Gasteiger partial charge in [-0.25, -0.2) is 0 Å². The van der Waals surface area contributed by atoms with E-state index in [0.29, 0.717) is 37.3 Å². The normalized spacial score (nSPS) is 10.5. The van der Waals surface area contributed by atoms with Gasteiger partial charge in [0.1, 0.15) is 12.4 Å². The topological polar surface area (TPSA) is 78.3 Å². The van der Waals surface area contributed by atoms with Gasteiger partial charge in [-0.2, -0.15) is 0 Å². The van der Waals surface area contributed by atoms with E-state index in [4.69, 9.17) is 9.47 Å². The SMILES string of the molecule is C=CCn1c(COc2cccc(C)c2)nnc1SCC(=O)NCCOC. The third kappa shape index (κ3) is 6.20. The molecule has 1 N–H and O–H groups in total. The first-order chi connectivity index (χ1) is 12.6. The zero-order valence-corrected chi connectivity index (χ0v) is 15.9. The van der Waals surface area contributed by atoms with Gasteiger partial charge in [-0.3, -0.25) is 9.36 Å². The first-order valence-electron chi connectivity index (χ1n) is 8.25. The summed E-state index contributed by atoms with van der Waals surface area (Å²) in [5, 5.41) is 11.8. The Balaban J connectivity index is 1.95. The van der Waals surface area contributed by atoms with Crippen molar-refractivity contribution in [2.75, 3.05) is 26.0 Å². The molecule has 140 valence electrons. The van der Waals surface area contributed by atoms with Gasteiger partial charge in [0, 0.05) is 20.2 Å². The summed E-state index contributed by atoms with van der Waals surface area (Å²) in [5.74, 6) is 1.66. The second-order valence-corrected chi connectivity index (χ2v) is 6.48. The van der Waals surface area contributed by atoms with Crippen molar-refractivity contribution in [1.82, 2.24) is 20.1 Å². The number of hydrogen-bond acceptors (Lipinski definition) is 6. The number of nitrogens with zero attached hydrogens (tertiary/aromatic N) is 3. The minimum Gasteiger partial charge on any atom is -0.486 e. The molecule has 1 amide bonds. The lowest BCUT2D eigenvalue weighted by molar-refractivity contribution is -0.118. The highest BCUT2D eigenvalue weighted by Gasteiger charge is 2.14. The standard InChI is InChI=1S/C18H24N4O3S/c1-4-9-22-16(12-25-15-7-5-6-14(2)11-15)20-21-18(22)26-13-17(23)19-8-10-24-3/h4-7,11H,1,8-10,12-13H2,2-3H3,(H,19,23). The number of allylic oxidation sites excluding steroid dienone is 1. The highest BCUT2D eigenvalue weighted by atomic mass is 32.2. The number of carbonyl (C=O) groups is 1. The van der Waals surface area contributed by atoms with Crippen LogP contribution in [0.4, 0.5) is 0 Å². The predicted octanol–water partition coefficient (Wildman–Crippen LogP) is 2.21. The van der Waals surface area contributed by atoms with E-state index >= 15 is 0 Å². The number of rotatable bonds is 11. The van der Waals surface area contributed by atoms with Gasteiger partial charge in [-0.05, 0) is 24.6 Å². The van der Waals surface area contributed by atoms with E-state index in [0.717, 1.165) is 11.3 Å². The summed E-state index contributed by atoms with van der Waals surface area (Å²) in [6.45, 7) is 7.61. The number of carbonyl (C=O) groups excluding carboxylic acids is 1. The van der Waals surface area contributed by atoms with E-state index in [1.165, 1.54) is 11.8 Å². The molecule has 0 radical (unpaired) electrons. The monoisotopic (exact) mass is 376 g/mol. The maximum atomic E-state index is 11.8. The van der Waals surface area contributed by atoms with Gasteiger partial charge in [-0.1, -0.05) is 30.0 Å². The summed E-state index contributed by atoms with van der Waals surface area (Å²) < 4.78 is 12.6. The smallest absolute Gasteiger partial charge is 0.230 e. The summed E-state index contributed by atoms with van der Waals surface area (Å²) in [4.78, 5) is 11.8. The Labute approximate surface area is 157 Å². The van der Waals surface area contributed by atoms with Gasteiger partial charge < -0.3 is 14.8 Å². The van der Waals surface area contributed by atoms with Crippen molar-refractivity contribution in [2.45, 2.75) is 25.2 Å². The van der Waals surface area contributed by atoms with Gasteiger partial charge in [0.05, 0.1) is 12.4 Å². The van der Waals surface area contributed by atoms with Gasteiger partial charge in [0.15, 0.2) is 11.0 Å². The number of ether oxygens (including phenoxy) is 2. The molecule has 0 fully saturated rings. The lowest BCUT2D eigenvalue weighted by Gasteiger charge is -2.09. The molecule has 26 heavy (non-hydrogen) atoms. The van der Waals surface area contributed by atoms with Crippen LogP contribution in [-0.2, 0) is 22.7 Å². The molecule has 0 unspecified atom stereocenters. The first kappa shape index (κ1) is 20.0. The van der Waals surface area contributed by atoms with Crippen LogP contribution in [0.2, 0.25) is 0 Å². The van der Waals surface area contributed by atoms with Gasteiger partial charge in [0.25, 0.3) is 0 Å². The van der Waals surface area contributed by atoms with E-state index in [2.05, 4.69) is 22.1 Å². The Morgan fingerprint density at radius 3 is 3.00 bits per heavy atom. The molecule has 0 aliphatic heterocycles. The molecule has 8 heteroatoms. The van der Waals surface area contributed by atoms with E-state index in [1.54, 1.807) is 13.2 Å². The highest BCUT2D eigenvalue weighted by molar-refractivity contribution is 7.99. The summed E-state index contributed by atoms with van der Waals surface area (Å²) in [5.41, 5.74) is 1.13. The molecule has 1 aromatic heterocycles. The van der Waals surface area contributed by atoms with Crippen LogP contribution in [0, 0.1) is 6.92 Å². The molecule has 1 aromatic carbocycles. The van der Waals surface area contributed by atoms with Crippen molar-refractivity contribution >= 4 is 17.7 Å². The third-order valence-electron chi connectivity index (χ3n) is 3.42. The van der Waals surface area contributed by atoms with Crippen molar-refractivity contribution in [3.8, 4) is 5.75 Å². The molecule has 2 rings (SSSR count). The molecule has 0 atom stereocenters. The van der Waals surface area contributed by atoms with E-state index in [-0.39, 0.29) is 11.7 Å². The zero-order valence-electron chi connectivity index (χ0n) is 15.1. The van der Waals surface area contributed by atoms with Gasteiger partial charge in [-0.15, -0.1) is 16.8 Å². The molecule has 0 saturated carbocycles. The Morgan fingerprint density at radius 1 is 1.42 bits per heavy atom. The second kappa shape index (κ2) is 10.6. The number of aromatic nitrogens is 3. The van der Waals surface area contributed by atoms with Crippen LogP contribution in [0.5, 0.6) is 5.75 Å². The molecule has 0 aliphatic carbocycles. The van der Waals surface area contributed by atoms with Crippen LogP contribution < -0.4 is 10.1 Å². The van der Waals surface area contributed by atoms with Crippen molar-refractivity contribution in [2.24, 2.45) is 0 Å². The molecular formula is C18H24N4O3S. The lowest BCUT2D eigenvalue weighted by Crippen LogP contribution is -2.28. The summed E-state index contributed by atoms with van der Waals surface area (Å²) in [7, 11) is 1.60. The fourth-order valence-corrected chi connectivity index (χ4v) is 2.97. The number of amides is 1. The fraction of sp³-hybridized carbons (Fsp3) is 0.389. The maximum Gasteiger partial charge on any atom is 0.230 e. The quantitative estimate of drug-likeness (QED) is 0.368. The second-order valence-electron chi connectivity index (χ2n) is 5.53. The lowest BCUT2D eigenvalue weighted by atomic mass is 10.2. The van der Waals surface area contributed by atoms with Crippen LogP contribution in [-0.4, -0.2) is 46.7 Å². The largest absolute Gasteiger partial charge is 0.486 e. The molecule has 0 spiro atoms. The summed E-state index contributed by atoms with van der Waals surface area (Å²) in [6.07, 6.45) is 1.77. The third-order valence-corrected chi connectivity index (χ3v) is 4.39. The van der Waals surface area contributed by atoms with Crippen LogP contribution in [0.3, 0.4) is 0 Å². The van der Waals surface area contributed by atoms with Crippen LogP contribution in [0.1, 0.15) is 11.4 Å². The molecular weight excluding hydrogens is 352 g/mol. The van der Waals surface area contributed by atoms with Crippen molar-refractivity contribution in [3.05, 3.63) is 48.3 Å². The predicted molar refractivity (Wildman–Crippen MR) is 101 cm³/mol. The fourth-order valence-electron chi connectivity index (χ4n) is 2.17. The van der Waals surface area contributed by atoms with E-state index in [9.17, 15) is 4.79 Å². The van der Waals surface area contributed by atoms with Crippen molar-refractivity contribution in [3.63, 3.8) is 0 Å². The van der Waals surface area contributed by atoms with Crippen LogP contribution in [0.25, 0.3) is 0 Å². The Kier molecular flexibility index (Phi) is 8.17. The molecule has 2 aromatic rings. The zero-order chi connectivity index (χ0) is 18.8. The number of aryl methyl sites for hydroxylation is 1. The number of hydrogen-bond donors (Lipinski definition) is 1. The number of methoxy groups -OCH3 is 1. The Morgan fingerprint density at radius 2 is 2.27 bits per heavy atom. The number of thioether (sulfide) groups is 1. The van der Waals surface area contributed by atoms with Crippen molar-refractivity contribution < 1.29 is 14.3 Å². The average Bonchev–Trinajstić information content (AvgIpc) is 3.01. The maximum absolute atomic E-state index is 11.8.